The Morgan fingerprint density at radius 1 is 1.15 bits per heavy atom. The number of carbonyl (C=O) groups is 1. The number of aromatic nitrogens is 1. The molecule has 3 nitrogen and oxygen atoms in total. The maximum atomic E-state index is 13.6. The first-order valence-corrected chi connectivity index (χ1v) is 12.5. The quantitative estimate of drug-likeness (QED) is 0.477. The van der Waals surface area contributed by atoms with Crippen LogP contribution in [-0.2, 0) is 9.53 Å². The minimum atomic E-state index is -0.373. The third-order valence-electron chi connectivity index (χ3n) is 8.71. The van der Waals surface area contributed by atoms with Gasteiger partial charge in [-0.05, 0) is 73.3 Å². The zero-order chi connectivity index (χ0) is 23.2. The van der Waals surface area contributed by atoms with Crippen LogP contribution in [0.15, 0.2) is 48.7 Å². The molecule has 2 heterocycles. The van der Waals surface area contributed by atoms with E-state index in [-0.39, 0.29) is 35.1 Å². The minimum Gasteiger partial charge on any atom is -0.462 e. The van der Waals surface area contributed by atoms with Crippen molar-refractivity contribution in [1.29, 1.82) is 0 Å². The van der Waals surface area contributed by atoms with Crippen LogP contribution < -0.4 is 0 Å². The first-order valence-electron chi connectivity index (χ1n) is 12.5. The summed E-state index contributed by atoms with van der Waals surface area (Å²) < 4.78 is 19.5. The average molecular weight is 448 g/mol. The number of hydrogen-bond donors (Lipinski definition) is 0. The van der Waals surface area contributed by atoms with Gasteiger partial charge in [0.1, 0.15) is 11.9 Å². The van der Waals surface area contributed by atoms with Gasteiger partial charge >= 0.3 is 5.97 Å². The summed E-state index contributed by atoms with van der Waals surface area (Å²) in [5.41, 5.74) is 2.24. The summed E-state index contributed by atoms with van der Waals surface area (Å²) in [6, 6.07) is 10.6. The number of pyridine rings is 1. The monoisotopic (exact) mass is 447 g/mol. The van der Waals surface area contributed by atoms with Crippen molar-refractivity contribution in [3.05, 3.63) is 60.2 Å². The lowest BCUT2D eigenvalue weighted by Crippen LogP contribution is -2.52. The molecule has 5 rings (SSSR count). The highest BCUT2D eigenvalue weighted by atomic mass is 19.1. The Hall–Kier alpha value is -2.49. The van der Waals surface area contributed by atoms with Crippen molar-refractivity contribution in [2.45, 2.75) is 59.0 Å². The van der Waals surface area contributed by atoms with E-state index in [1.807, 2.05) is 24.4 Å². The number of nitrogens with zero attached hydrogens (tertiary/aromatic N) is 1. The lowest BCUT2D eigenvalue weighted by Gasteiger charge is -2.52. The maximum Gasteiger partial charge on any atom is 0.313 e. The topological polar surface area (TPSA) is 39.2 Å². The minimum absolute atomic E-state index is 0.0231. The standard InChI is InChI=1S/C29H34FNO2/c1-18(2)29-16-21-7-4-5-10-25(21)26(27(29)19(3)33-28(29)32)14-13-24-12-11-22(17-31-24)20-8-6-9-23(30)15-20/h6,8-9,11-15,17-19,21,25-27H,4-5,7,10,16H2,1-3H3/b14-13+/t19-,21-,25+,26+,27-,29+/m1/s1. The van der Waals surface area contributed by atoms with E-state index in [0.717, 1.165) is 23.2 Å². The van der Waals surface area contributed by atoms with Crippen LogP contribution in [0.5, 0.6) is 0 Å². The Labute approximate surface area is 196 Å². The Bertz CT molecular complexity index is 1050. The van der Waals surface area contributed by atoms with Crippen LogP contribution in [0.1, 0.15) is 58.6 Å². The number of benzene rings is 1. The second-order valence-electron chi connectivity index (χ2n) is 10.7. The van der Waals surface area contributed by atoms with Gasteiger partial charge in [0.25, 0.3) is 0 Å². The molecular weight excluding hydrogens is 413 g/mol. The van der Waals surface area contributed by atoms with E-state index in [4.69, 9.17) is 4.74 Å². The number of fused-ring (bicyclic) bond motifs is 2. The number of ether oxygens (including phenoxy) is 1. The zero-order valence-corrected chi connectivity index (χ0v) is 19.8. The van der Waals surface area contributed by atoms with Gasteiger partial charge in [-0.25, -0.2) is 4.39 Å². The highest BCUT2D eigenvalue weighted by Crippen LogP contribution is 2.62. The predicted molar refractivity (Wildman–Crippen MR) is 129 cm³/mol. The first kappa shape index (κ1) is 22.3. The molecule has 174 valence electrons. The van der Waals surface area contributed by atoms with E-state index >= 15 is 0 Å². The molecule has 3 fully saturated rings. The molecule has 0 unspecified atom stereocenters. The molecule has 2 aliphatic carbocycles. The van der Waals surface area contributed by atoms with Gasteiger partial charge in [-0.15, -0.1) is 0 Å². The van der Waals surface area contributed by atoms with E-state index in [0.29, 0.717) is 17.8 Å². The highest BCUT2D eigenvalue weighted by molar-refractivity contribution is 5.80. The van der Waals surface area contributed by atoms with Crippen LogP contribution >= 0.6 is 0 Å². The number of carbonyl (C=O) groups excluding carboxylic acids is 1. The molecule has 0 radical (unpaired) electrons. The van der Waals surface area contributed by atoms with Crippen molar-refractivity contribution in [2.24, 2.45) is 35.0 Å². The molecular formula is C29H34FNO2. The third kappa shape index (κ3) is 3.82. The van der Waals surface area contributed by atoms with Gasteiger partial charge in [-0.1, -0.05) is 57.4 Å². The van der Waals surface area contributed by atoms with Crippen molar-refractivity contribution < 1.29 is 13.9 Å². The van der Waals surface area contributed by atoms with Crippen LogP contribution in [0.4, 0.5) is 4.39 Å². The number of esters is 1. The number of allylic oxidation sites excluding steroid dienone is 1. The Morgan fingerprint density at radius 3 is 2.70 bits per heavy atom. The molecule has 0 bridgehead atoms. The van der Waals surface area contributed by atoms with Crippen LogP contribution in [0.25, 0.3) is 17.2 Å². The molecule has 1 aromatic heterocycles. The van der Waals surface area contributed by atoms with Crippen LogP contribution in [0.3, 0.4) is 0 Å². The zero-order valence-electron chi connectivity index (χ0n) is 19.8. The Morgan fingerprint density at radius 2 is 1.97 bits per heavy atom. The summed E-state index contributed by atoms with van der Waals surface area (Å²) in [4.78, 5) is 17.8. The fourth-order valence-corrected chi connectivity index (χ4v) is 7.15. The Kier molecular flexibility index (Phi) is 5.88. The summed E-state index contributed by atoms with van der Waals surface area (Å²) in [5.74, 6) is 1.78. The van der Waals surface area contributed by atoms with Crippen molar-refractivity contribution >= 4 is 12.0 Å². The average Bonchev–Trinajstić information content (AvgIpc) is 3.07. The molecule has 3 aliphatic rings. The number of rotatable bonds is 4. The van der Waals surface area contributed by atoms with Crippen molar-refractivity contribution in [3.8, 4) is 11.1 Å². The summed E-state index contributed by atoms with van der Waals surface area (Å²) in [7, 11) is 0. The van der Waals surface area contributed by atoms with E-state index in [2.05, 4.69) is 37.9 Å². The van der Waals surface area contributed by atoms with Crippen molar-refractivity contribution in [2.75, 3.05) is 0 Å². The van der Waals surface area contributed by atoms with Gasteiger partial charge in [0.15, 0.2) is 0 Å². The van der Waals surface area contributed by atoms with Crippen molar-refractivity contribution in [3.63, 3.8) is 0 Å². The van der Waals surface area contributed by atoms with Crippen LogP contribution in [0, 0.1) is 40.8 Å². The second kappa shape index (κ2) is 8.70. The summed E-state index contributed by atoms with van der Waals surface area (Å²) in [6.07, 6.45) is 12.2. The first-order chi connectivity index (χ1) is 15.9. The van der Waals surface area contributed by atoms with E-state index in [1.165, 1.54) is 37.8 Å². The van der Waals surface area contributed by atoms with Gasteiger partial charge in [-0.2, -0.15) is 0 Å². The summed E-state index contributed by atoms with van der Waals surface area (Å²) in [6.45, 7) is 6.48. The molecule has 1 aliphatic heterocycles. The van der Waals surface area contributed by atoms with Crippen LogP contribution in [0.2, 0.25) is 0 Å². The molecule has 33 heavy (non-hydrogen) atoms. The SMILES string of the molecule is CC(C)[C@@]12C[C@H]3CCCC[C@@H]3[C@H](/C=C/c3ccc(-c4cccc(F)c4)cn3)[C@H]1[C@@H](C)OC2=O. The van der Waals surface area contributed by atoms with Gasteiger partial charge in [0.2, 0.25) is 0 Å². The molecule has 4 heteroatoms. The number of hydrogen-bond acceptors (Lipinski definition) is 3. The smallest absolute Gasteiger partial charge is 0.313 e. The molecule has 1 saturated heterocycles. The molecule has 2 aromatic rings. The fourth-order valence-electron chi connectivity index (χ4n) is 7.15. The molecule has 2 saturated carbocycles. The molecule has 0 amide bonds. The molecule has 6 atom stereocenters. The molecule has 0 spiro atoms. The fraction of sp³-hybridized carbons (Fsp3) is 0.517. The number of halogens is 1. The maximum absolute atomic E-state index is 13.6. The molecule has 1 aromatic carbocycles. The van der Waals surface area contributed by atoms with Gasteiger partial charge < -0.3 is 4.74 Å². The lowest BCUT2D eigenvalue weighted by molar-refractivity contribution is -0.154. The largest absolute Gasteiger partial charge is 0.462 e. The third-order valence-corrected chi connectivity index (χ3v) is 8.71. The van der Waals surface area contributed by atoms with Crippen LogP contribution in [-0.4, -0.2) is 17.1 Å². The number of cyclic esters (lactones) is 1. The summed E-state index contributed by atoms with van der Waals surface area (Å²) >= 11 is 0. The van der Waals surface area contributed by atoms with Gasteiger partial charge in [0.05, 0.1) is 11.1 Å². The van der Waals surface area contributed by atoms with Gasteiger partial charge in [-0.3, -0.25) is 9.78 Å². The highest BCUT2D eigenvalue weighted by Gasteiger charge is 2.64. The molecule has 0 N–H and O–H groups in total. The van der Waals surface area contributed by atoms with Crippen molar-refractivity contribution in [1.82, 2.24) is 4.98 Å². The normalized spacial score (nSPS) is 33.7. The van der Waals surface area contributed by atoms with E-state index in [9.17, 15) is 9.18 Å². The van der Waals surface area contributed by atoms with E-state index in [1.54, 1.807) is 6.07 Å². The van der Waals surface area contributed by atoms with E-state index < -0.39 is 0 Å². The predicted octanol–water partition coefficient (Wildman–Crippen LogP) is 6.93. The lowest BCUT2D eigenvalue weighted by atomic mass is 9.49. The second-order valence-corrected chi connectivity index (χ2v) is 10.7. The Balaban J connectivity index is 1.45. The van der Waals surface area contributed by atoms with Gasteiger partial charge in [0, 0.05) is 17.7 Å². The summed E-state index contributed by atoms with van der Waals surface area (Å²) in [5, 5.41) is 0.